The van der Waals surface area contributed by atoms with Gasteiger partial charge < -0.3 is 9.80 Å². The van der Waals surface area contributed by atoms with Gasteiger partial charge in [-0.3, -0.25) is 0 Å². The molecule has 2 heteroatoms. The molecule has 72 valence electrons. The number of terminal acetylenes is 1. The molecule has 0 bridgehead atoms. The van der Waals surface area contributed by atoms with Gasteiger partial charge in [-0.2, -0.15) is 0 Å². The van der Waals surface area contributed by atoms with Crippen LogP contribution in [0.25, 0.3) is 0 Å². The fourth-order valence-corrected chi connectivity index (χ4v) is 1.73. The second-order valence-corrected chi connectivity index (χ2v) is 3.44. The summed E-state index contributed by atoms with van der Waals surface area (Å²) < 4.78 is 0. The molecule has 1 aromatic carbocycles. The third-order valence-electron chi connectivity index (χ3n) is 2.58. The minimum atomic E-state index is 0.964. The van der Waals surface area contributed by atoms with E-state index in [0.29, 0.717) is 0 Å². The van der Waals surface area contributed by atoms with E-state index < -0.39 is 0 Å². The van der Waals surface area contributed by atoms with Gasteiger partial charge in [0.1, 0.15) is 0 Å². The summed E-state index contributed by atoms with van der Waals surface area (Å²) in [7, 11) is 0. The minimum absolute atomic E-state index is 0.964. The van der Waals surface area contributed by atoms with E-state index in [1.807, 2.05) is 11.0 Å². The molecule has 0 spiro atoms. The summed E-state index contributed by atoms with van der Waals surface area (Å²) in [6, 6.07) is 13.2. The van der Waals surface area contributed by atoms with Crippen molar-refractivity contribution in [3.63, 3.8) is 0 Å². The number of anilines is 1. The topological polar surface area (TPSA) is 6.48 Å². The Bertz CT molecular complexity index is 318. The Morgan fingerprint density at radius 3 is 2.21 bits per heavy atom. The average molecular weight is 186 g/mol. The number of hydrogen-bond donors (Lipinski definition) is 0. The minimum Gasteiger partial charge on any atom is -0.368 e. The molecule has 0 atom stereocenters. The van der Waals surface area contributed by atoms with Crippen molar-refractivity contribution in [3.05, 3.63) is 30.3 Å². The van der Waals surface area contributed by atoms with Crippen molar-refractivity contribution < 1.29 is 0 Å². The van der Waals surface area contributed by atoms with Crippen molar-refractivity contribution in [3.8, 4) is 12.5 Å². The number of rotatable bonds is 1. The Hall–Kier alpha value is -1.62. The summed E-state index contributed by atoms with van der Waals surface area (Å²) in [5.41, 5.74) is 1.30. The molecular weight excluding hydrogens is 172 g/mol. The molecule has 0 aliphatic carbocycles. The van der Waals surface area contributed by atoms with Crippen LogP contribution < -0.4 is 4.90 Å². The van der Waals surface area contributed by atoms with E-state index in [4.69, 9.17) is 6.42 Å². The Balaban J connectivity index is 2.00. The summed E-state index contributed by atoms with van der Waals surface area (Å²) in [6.45, 7) is 3.97. The van der Waals surface area contributed by atoms with Crippen LogP contribution in [-0.4, -0.2) is 31.1 Å². The van der Waals surface area contributed by atoms with E-state index in [1.54, 1.807) is 0 Å². The molecule has 1 aromatic rings. The average Bonchev–Trinajstić information content (AvgIpc) is 2.30. The van der Waals surface area contributed by atoms with Crippen LogP contribution in [0.15, 0.2) is 30.3 Å². The first-order valence-corrected chi connectivity index (χ1v) is 4.91. The van der Waals surface area contributed by atoms with E-state index in [2.05, 4.69) is 35.2 Å². The molecule has 2 nitrogen and oxygen atoms in total. The van der Waals surface area contributed by atoms with Crippen LogP contribution in [0.5, 0.6) is 0 Å². The van der Waals surface area contributed by atoms with Gasteiger partial charge in [-0.05, 0) is 12.1 Å². The highest BCUT2D eigenvalue weighted by Crippen LogP contribution is 2.14. The maximum absolute atomic E-state index is 5.34. The molecule has 1 aliphatic rings. The third kappa shape index (κ3) is 1.82. The number of para-hydroxylation sites is 1. The smallest absolute Gasteiger partial charge is 0.0437 e. The first-order chi connectivity index (χ1) is 6.90. The van der Waals surface area contributed by atoms with Gasteiger partial charge in [-0.25, -0.2) is 0 Å². The van der Waals surface area contributed by atoms with Crippen molar-refractivity contribution in [1.29, 1.82) is 0 Å². The van der Waals surface area contributed by atoms with Crippen LogP contribution in [0, 0.1) is 12.5 Å². The Morgan fingerprint density at radius 2 is 1.64 bits per heavy atom. The van der Waals surface area contributed by atoms with Gasteiger partial charge in [0.05, 0.1) is 0 Å². The number of benzene rings is 1. The van der Waals surface area contributed by atoms with Crippen LogP contribution in [0.4, 0.5) is 5.69 Å². The molecule has 0 radical (unpaired) electrons. The number of piperazine rings is 1. The molecule has 0 N–H and O–H groups in total. The van der Waals surface area contributed by atoms with Crippen molar-refractivity contribution in [2.75, 3.05) is 31.1 Å². The standard InChI is InChI=1S/C12H14N2/c1-2-13-8-10-14(11-9-13)12-6-4-3-5-7-12/h1,3-7H,8-11H2. The SMILES string of the molecule is C#CN1CCN(c2ccccc2)CC1. The predicted molar refractivity (Wildman–Crippen MR) is 59.1 cm³/mol. The lowest BCUT2D eigenvalue weighted by Gasteiger charge is -2.34. The molecular formula is C12H14N2. The molecule has 0 aromatic heterocycles. The quantitative estimate of drug-likeness (QED) is 0.612. The van der Waals surface area contributed by atoms with E-state index in [-0.39, 0.29) is 0 Å². The van der Waals surface area contributed by atoms with Crippen LogP contribution in [0.3, 0.4) is 0 Å². The molecule has 1 heterocycles. The fraction of sp³-hybridized carbons (Fsp3) is 0.333. The van der Waals surface area contributed by atoms with E-state index >= 15 is 0 Å². The number of hydrogen-bond acceptors (Lipinski definition) is 2. The monoisotopic (exact) mass is 186 g/mol. The van der Waals surface area contributed by atoms with Crippen LogP contribution in [-0.2, 0) is 0 Å². The Kier molecular flexibility index (Phi) is 2.60. The zero-order chi connectivity index (χ0) is 9.80. The largest absolute Gasteiger partial charge is 0.368 e. The molecule has 0 unspecified atom stereocenters. The fourth-order valence-electron chi connectivity index (χ4n) is 1.73. The molecule has 1 aliphatic heterocycles. The van der Waals surface area contributed by atoms with E-state index in [1.165, 1.54) is 5.69 Å². The van der Waals surface area contributed by atoms with Crippen molar-refractivity contribution in [1.82, 2.24) is 4.90 Å². The van der Waals surface area contributed by atoms with Gasteiger partial charge in [0.15, 0.2) is 0 Å². The lowest BCUT2D eigenvalue weighted by molar-refractivity contribution is 0.369. The molecule has 0 amide bonds. The second kappa shape index (κ2) is 4.06. The highest BCUT2D eigenvalue weighted by Gasteiger charge is 2.14. The van der Waals surface area contributed by atoms with Gasteiger partial charge in [0.2, 0.25) is 0 Å². The molecule has 2 rings (SSSR count). The van der Waals surface area contributed by atoms with Gasteiger partial charge in [0.25, 0.3) is 0 Å². The first kappa shape index (κ1) is 8.96. The molecule has 1 saturated heterocycles. The van der Waals surface area contributed by atoms with Gasteiger partial charge in [0, 0.05) is 37.9 Å². The highest BCUT2D eigenvalue weighted by molar-refractivity contribution is 5.46. The van der Waals surface area contributed by atoms with Crippen molar-refractivity contribution in [2.45, 2.75) is 0 Å². The Morgan fingerprint density at radius 1 is 1.00 bits per heavy atom. The van der Waals surface area contributed by atoms with Gasteiger partial charge in [-0.15, -0.1) is 0 Å². The lowest BCUT2D eigenvalue weighted by Crippen LogP contribution is -2.44. The van der Waals surface area contributed by atoms with Gasteiger partial charge >= 0.3 is 0 Å². The Labute approximate surface area is 85.1 Å². The summed E-state index contributed by atoms with van der Waals surface area (Å²) in [5, 5.41) is 0. The summed E-state index contributed by atoms with van der Waals surface area (Å²) >= 11 is 0. The van der Waals surface area contributed by atoms with Crippen molar-refractivity contribution >= 4 is 5.69 Å². The maximum Gasteiger partial charge on any atom is 0.0437 e. The summed E-state index contributed by atoms with van der Waals surface area (Å²) in [4.78, 5) is 4.40. The lowest BCUT2D eigenvalue weighted by atomic mass is 10.2. The highest BCUT2D eigenvalue weighted by atomic mass is 15.2. The normalized spacial score (nSPS) is 16.5. The molecule has 0 saturated carbocycles. The summed E-state index contributed by atoms with van der Waals surface area (Å²) in [5.74, 6) is 0. The summed E-state index contributed by atoms with van der Waals surface area (Å²) in [6.07, 6.45) is 5.34. The first-order valence-electron chi connectivity index (χ1n) is 4.91. The van der Waals surface area contributed by atoms with Crippen molar-refractivity contribution in [2.24, 2.45) is 0 Å². The van der Waals surface area contributed by atoms with Crippen LogP contribution >= 0.6 is 0 Å². The zero-order valence-corrected chi connectivity index (χ0v) is 8.19. The third-order valence-corrected chi connectivity index (χ3v) is 2.58. The second-order valence-electron chi connectivity index (χ2n) is 3.44. The molecule has 14 heavy (non-hydrogen) atoms. The predicted octanol–water partition coefficient (Wildman–Crippen LogP) is 1.40. The maximum atomic E-state index is 5.34. The van der Waals surface area contributed by atoms with Crippen LogP contribution in [0.1, 0.15) is 0 Å². The zero-order valence-electron chi connectivity index (χ0n) is 8.19. The number of nitrogens with zero attached hydrogens (tertiary/aromatic N) is 2. The van der Waals surface area contributed by atoms with Crippen LogP contribution in [0.2, 0.25) is 0 Å². The van der Waals surface area contributed by atoms with E-state index in [0.717, 1.165) is 26.2 Å². The molecule has 1 fully saturated rings. The van der Waals surface area contributed by atoms with E-state index in [9.17, 15) is 0 Å². The van der Waals surface area contributed by atoms with Gasteiger partial charge in [-0.1, -0.05) is 24.6 Å².